The minimum atomic E-state index is 0.560. The lowest BCUT2D eigenvalue weighted by atomic mass is 9.92. The van der Waals surface area contributed by atoms with Gasteiger partial charge >= 0.3 is 0 Å². The molecule has 12 rings (SSSR count). The monoisotopic (exact) mass is 840 g/mol. The standard InChI is InChI=1S/C60H36N6/c1-62-45-30-28-41(29-31-45)51-35-44(60-63-53(42-14-4-2-5-15-42)37-54(64-60)43-16-6-3-7-17-43)34-50(40-26-24-39(38-61)25-27-40)59(51)66-57-23-13-10-20-49(57)52-36-46(32-33-58(52)66)65-55-21-11-8-18-47(55)48-19-9-12-22-56(48)65/h2-37H. The molecule has 0 radical (unpaired) electrons. The lowest BCUT2D eigenvalue weighted by molar-refractivity contribution is 1.16. The van der Waals surface area contributed by atoms with Crippen molar-refractivity contribution in [1.82, 2.24) is 19.1 Å². The number of rotatable bonds is 7. The van der Waals surface area contributed by atoms with Gasteiger partial charge in [0, 0.05) is 55.0 Å². The summed E-state index contributed by atoms with van der Waals surface area (Å²) in [4.78, 5) is 14.3. The Morgan fingerprint density at radius 3 is 1.41 bits per heavy atom. The minimum absolute atomic E-state index is 0.560. The molecule has 3 aromatic heterocycles. The highest BCUT2D eigenvalue weighted by atomic mass is 15.0. The van der Waals surface area contributed by atoms with Crippen LogP contribution in [0.15, 0.2) is 218 Å². The summed E-state index contributed by atoms with van der Waals surface area (Å²) in [5.74, 6) is 0.578. The average Bonchev–Trinajstić information content (AvgIpc) is 3.91. The van der Waals surface area contributed by atoms with Gasteiger partial charge < -0.3 is 9.13 Å². The highest BCUT2D eigenvalue weighted by Gasteiger charge is 2.24. The van der Waals surface area contributed by atoms with E-state index >= 15 is 0 Å². The minimum Gasteiger partial charge on any atom is -0.309 e. The molecule has 0 aliphatic rings. The van der Waals surface area contributed by atoms with Crippen LogP contribution in [-0.4, -0.2) is 19.1 Å². The van der Waals surface area contributed by atoms with Crippen molar-refractivity contribution in [2.45, 2.75) is 0 Å². The van der Waals surface area contributed by atoms with Crippen LogP contribution in [-0.2, 0) is 0 Å². The summed E-state index contributed by atoms with van der Waals surface area (Å²) in [5.41, 5.74) is 15.7. The van der Waals surface area contributed by atoms with Gasteiger partial charge in [0.25, 0.3) is 0 Å². The Morgan fingerprint density at radius 1 is 0.409 bits per heavy atom. The number of hydrogen-bond donors (Lipinski definition) is 0. The molecule has 3 heterocycles. The Hall–Kier alpha value is -9.36. The summed E-state index contributed by atoms with van der Waals surface area (Å²) < 4.78 is 4.75. The number of hydrogen-bond acceptors (Lipinski definition) is 3. The first-order valence-corrected chi connectivity index (χ1v) is 21.8. The van der Waals surface area contributed by atoms with Crippen molar-refractivity contribution < 1.29 is 0 Å². The van der Waals surface area contributed by atoms with Crippen molar-refractivity contribution in [3.05, 3.63) is 235 Å². The average molecular weight is 841 g/mol. The van der Waals surface area contributed by atoms with Gasteiger partial charge in [-0.3, -0.25) is 0 Å². The largest absolute Gasteiger partial charge is 0.309 e. The van der Waals surface area contributed by atoms with Crippen LogP contribution in [0.5, 0.6) is 0 Å². The lowest BCUT2D eigenvalue weighted by Gasteiger charge is -2.21. The summed E-state index contributed by atoms with van der Waals surface area (Å²) in [6.07, 6.45) is 0. The zero-order valence-corrected chi connectivity index (χ0v) is 35.5. The molecule has 0 saturated carbocycles. The molecular weight excluding hydrogens is 805 g/mol. The summed E-state index contributed by atoms with van der Waals surface area (Å²) in [7, 11) is 0. The van der Waals surface area contributed by atoms with Crippen molar-refractivity contribution >= 4 is 49.3 Å². The van der Waals surface area contributed by atoms with Gasteiger partial charge in [-0.1, -0.05) is 152 Å². The van der Waals surface area contributed by atoms with Crippen molar-refractivity contribution in [2.75, 3.05) is 0 Å². The highest BCUT2D eigenvalue weighted by Crippen LogP contribution is 2.45. The maximum absolute atomic E-state index is 9.92. The molecule has 0 atom stereocenters. The van der Waals surface area contributed by atoms with E-state index in [1.165, 1.54) is 10.8 Å². The summed E-state index contributed by atoms with van der Waals surface area (Å²) in [6, 6.07) is 77.4. The SMILES string of the molecule is [C-]#[N+]c1ccc(-c2cc(-c3nc(-c4ccccc4)cc(-c4ccccc4)n3)cc(-c3ccc(C#N)cc3)c2-n2c3ccccc3c3cc(-n4c5ccccc5c5ccccc54)ccc32)cc1. The zero-order chi connectivity index (χ0) is 44.1. The Bertz CT molecular complexity index is 3740. The third-order valence-electron chi connectivity index (χ3n) is 12.6. The van der Waals surface area contributed by atoms with Gasteiger partial charge in [0.2, 0.25) is 0 Å². The van der Waals surface area contributed by atoms with Gasteiger partial charge in [-0.25, -0.2) is 14.8 Å². The predicted molar refractivity (Wildman–Crippen MR) is 269 cm³/mol. The van der Waals surface area contributed by atoms with Crippen LogP contribution >= 0.6 is 0 Å². The second-order valence-corrected chi connectivity index (χ2v) is 16.4. The van der Waals surface area contributed by atoms with Crippen molar-refractivity contribution in [3.8, 4) is 73.6 Å². The third kappa shape index (κ3) is 6.41. The summed E-state index contributed by atoms with van der Waals surface area (Å²) >= 11 is 0. The van der Waals surface area contributed by atoms with E-state index in [1.807, 2.05) is 84.9 Å². The molecule has 0 N–H and O–H groups in total. The molecule has 0 fully saturated rings. The number of aromatic nitrogens is 4. The molecular formula is C60H36N6. The van der Waals surface area contributed by atoms with E-state index in [9.17, 15) is 5.26 Å². The molecule has 0 saturated heterocycles. The van der Waals surface area contributed by atoms with Crippen LogP contribution in [0.3, 0.4) is 0 Å². The van der Waals surface area contributed by atoms with Gasteiger partial charge in [0.1, 0.15) is 0 Å². The molecule has 0 aliphatic carbocycles. The van der Waals surface area contributed by atoms with Crippen LogP contribution in [0.1, 0.15) is 5.56 Å². The maximum Gasteiger partial charge on any atom is 0.187 e. The predicted octanol–water partition coefficient (Wildman–Crippen LogP) is 15.4. The number of benzene rings is 9. The second kappa shape index (κ2) is 15.8. The lowest BCUT2D eigenvalue weighted by Crippen LogP contribution is -2.03. The third-order valence-corrected chi connectivity index (χ3v) is 12.6. The van der Waals surface area contributed by atoms with E-state index in [4.69, 9.17) is 16.5 Å². The van der Waals surface area contributed by atoms with Crippen LogP contribution in [0, 0.1) is 17.9 Å². The highest BCUT2D eigenvalue weighted by molar-refractivity contribution is 6.13. The van der Waals surface area contributed by atoms with Crippen LogP contribution < -0.4 is 0 Å². The summed E-state index contributed by atoms with van der Waals surface area (Å²) in [5, 5.41) is 14.6. The quantitative estimate of drug-likeness (QED) is 0.150. The maximum atomic E-state index is 9.92. The molecule has 6 nitrogen and oxygen atoms in total. The molecule has 9 aromatic carbocycles. The molecule has 306 valence electrons. The number of fused-ring (bicyclic) bond motifs is 6. The number of nitriles is 1. The van der Waals surface area contributed by atoms with Crippen LogP contribution in [0.2, 0.25) is 0 Å². The zero-order valence-electron chi connectivity index (χ0n) is 35.5. The molecule has 0 bridgehead atoms. The molecule has 66 heavy (non-hydrogen) atoms. The van der Waals surface area contributed by atoms with Gasteiger partial charge in [-0.05, 0) is 77.9 Å². The fourth-order valence-corrected chi connectivity index (χ4v) is 9.52. The van der Waals surface area contributed by atoms with Crippen LogP contribution in [0.25, 0.3) is 116 Å². The first kappa shape index (κ1) is 38.3. The van der Waals surface area contributed by atoms with E-state index in [0.29, 0.717) is 17.1 Å². The Labute approximate surface area is 381 Å². The Kier molecular flexibility index (Phi) is 9.16. The van der Waals surface area contributed by atoms with E-state index in [1.54, 1.807) is 0 Å². The molecule has 0 spiro atoms. The van der Waals surface area contributed by atoms with Crippen LogP contribution in [0.4, 0.5) is 5.69 Å². The van der Waals surface area contributed by atoms with Crippen molar-refractivity contribution in [2.24, 2.45) is 0 Å². The Balaban J connectivity index is 1.18. The molecule has 0 aliphatic heterocycles. The summed E-state index contributed by atoms with van der Waals surface area (Å²) in [6.45, 7) is 7.80. The fourth-order valence-electron chi connectivity index (χ4n) is 9.52. The van der Waals surface area contributed by atoms with Gasteiger partial charge in [-0.15, -0.1) is 0 Å². The molecule has 6 heteroatoms. The smallest absolute Gasteiger partial charge is 0.187 e. The topological polar surface area (TPSA) is 63.8 Å². The number of nitrogens with zero attached hydrogens (tertiary/aromatic N) is 6. The van der Waals surface area contributed by atoms with Gasteiger partial charge in [0.15, 0.2) is 11.5 Å². The van der Waals surface area contributed by atoms with E-state index in [0.717, 1.165) is 94.5 Å². The van der Waals surface area contributed by atoms with E-state index in [-0.39, 0.29) is 0 Å². The van der Waals surface area contributed by atoms with Gasteiger partial charge in [0.05, 0.1) is 57.3 Å². The van der Waals surface area contributed by atoms with E-state index in [2.05, 4.69) is 154 Å². The normalized spacial score (nSPS) is 11.3. The Morgan fingerprint density at radius 2 is 0.879 bits per heavy atom. The second-order valence-electron chi connectivity index (χ2n) is 16.4. The number of para-hydroxylation sites is 3. The van der Waals surface area contributed by atoms with Crippen molar-refractivity contribution in [1.29, 1.82) is 5.26 Å². The first-order valence-electron chi connectivity index (χ1n) is 21.8. The fraction of sp³-hybridized carbons (Fsp3) is 0. The van der Waals surface area contributed by atoms with Crippen molar-refractivity contribution in [3.63, 3.8) is 0 Å². The molecule has 0 unspecified atom stereocenters. The molecule has 12 aromatic rings. The molecule has 0 amide bonds. The van der Waals surface area contributed by atoms with Gasteiger partial charge in [-0.2, -0.15) is 5.26 Å². The van der Waals surface area contributed by atoms with E-state index < -0.39 is 0 Å². The first-order chi connectivity index (χ1) is 32.6.